The van der Waals surface area contributed by atoms with E-state index in [4.69, 9.17) is 17.3 Å². The number of anilines is 2. The van der Waals surface area contributed by atoms with Gasteiger partial charge in [-0.3, -0.25) is 9.69 Å². The number of hydrogen-bond donors (Lipinski definition) is 2. The number of carbonyl (C=O) groups is 1. The van der Waals surface area contributed by atoms with Gasteiger partial charge in [0, 0.05) is 5.02 Å². The van der Waals surface area contributed by atoms with Crippen molar-refractivity contribution in [2.45, 2.75) is 19.3 Å². The molecule has 1 saturated heterocycles. The van der Waals surface area contributed by atoms with Gasteiger partial charge in [-0.2, -0.15) is 0 Å². The van der Waals surface area contributed by atoms with Crippen molar-refractivity contribution in [3.63, 3.8) is 0 Å². The second kappa shape index (κ2) is 6.07. The molecule has 2 rings (SSSR count). The van der Waals surface area contributed by atoms with Gasteiger partial charge < -0.3 is 11.1 Å². The molecule has 18 heavy (non-hydrogen) atoms. The molecule has 3 N–H and O–H groups in total. The lowest BCUT2D eigenvalue weighted by atomic mass is 10.1. The molecule has 0 saturated carbocycles. The minimum Gasteiger partial charge on any atom is -0.397 e. The molecule has 1 aliphatic rings. The number of likely N-dealkylation sites (tertiary alicyclic amines) is 1. The number of piperidine rings is 1. The lowest BCUT2D eigenvalue weighted by Gasteiger charge is -2.25. The Morgan fingerprint density at radius 2 is 2.06 bits per heavy atom. The van der Waals surface area contributed by atoms with E-state index in [0.717, 1.165) is 13.1 Å². The van der Waals surface area contributed by atoms with Gasteiger partial charge in [-0.1, -0.05) is 18.0 Å². The Bertz CT molecular complexity index is 430. The van der Waals surface area contributed by atoms with E-state index in [1.807, 2.05) is 0 Å². The summed E-state index contributed by atoms with van der Waals surface area (Å²) < 4.78 is 0. The van der Waals surface area contributed by atoms with Crippen LogP contribution in [-0.4, -0.2) is 30.4 Å². The summed E-state index contributed by atoms with van der Waals surface area (Å²) in [5.41, 5.74) is 6.91. The molecule has 0 spiro atoms. The maximum atomic E-state index is 11.9. The van der Waals surface area contributed by atoms with Crippen LogP contribution in [0.15, 0.2) is 18.2 Å². The second-order valence-electron chi connectivity index (χ2n) is 4.62. The van der Waals surface area contributed by atoms with Crippen molar-refractivity contribution in [3.05, 3.63) is 23.2 Å². The minimum atomic E-state index is -0.0362. The molecule has 0 aromatic heterocycles. The number of amides is 1. The van der Waals surface area contributed by atoms with Crippen LogP contribution in [-0.2, 0) is 4.79 Å². The van der Waals surface area contributed by atoms with Crippen LogP contribution in [0.5, 0.6) is 0 Å². The number of nitrogens with two attached hydrogens (primary N) is 1. The predicted molar refractivity (Wildman–Crippen MR) is 74.8 cm³/mol. The van der Waals surface area contributed by atoms with Crippen molar-refractivity contribution in [3.8, 4) is 0 Å². The first-order valence-electron chi connectivity index (χ1n) is 6.22. The zero-order valence-corrected chi connectivity index (χ0v) is 11.0. The van der Waals surface area contributed by atoms with E-state index in [9.17, 15) is 4.79 Å². The summed E-state index contributed by atoms with van der Waals surface area (Å²) in [6.07, 6.45) is 3.61. The van der Waals surface area contributed by atoms with Crippen molar-refractivity contribution in [2.24, 2.45) is 0 Å². The van der Waals surface area contributed by atoms with Crippen LogP contribution in [0.25, 0.3) is 0 Å². The Morgan fingerprint density at radius 3 is 2.78 bits per heavy atom. The van der Waals surface area contributed by atoms with Crippen LogP contribution in [0.4, 0.5) is 11.4 Å². The lowest BCUT2D eigenvalue weighted by molar-refractivity contribution is -0.117. The number of nitrogen functional groups attached to an aromatic ring is 1. The molecule has 0 atom stereocenters. The molecule has 0 aliphatic carbocycles. The van der Waals surface area contributed by atoms with Gasteiger partial charge in [0.15, 0.2) is 0 Å². The van der Waals surface area contributed by atoms with Crippen molar-refractivity contribution >= 4 is 28.9 Å². The summed E-state index contributed by atoms with van der Waals surface area (Å²) in [4.78, 5) is 14.1. The average molecular weight is 268 g/mol. The topological polar surface area (TPSA) is 58.4 Å². The Hall–Kier alpha value is -1.26. The van der Waals surface area contributed by atoms with Crippen LogP contribution in [0.3, 0.4) is 0 Å². The molecule has 1 heterocycles. The number of nitrogens with one attached hydrogen (secondary N) is 1. The fourth-order valence-corrected chi connectivity index (χ4v) is 2.32. The van der Waals surface area contributed by atoms with Crippen LogP contribution in [0.2, 0.25) is 5.02 Å². The van der Waals surface area contributed by atoms with E-state index in [0.29, 0.717) is 22.9 Å². The van der Waals surface area contributed by atoms with Crippen molar-refractivity contribution in [1.29, 1.82) is 0 Å². The lowest BCUT2D eigenvalue weighted by Crippen LogP contribution is -2.36. The molecular weight excluding hydrogens is 250 g/mol. The molecule has 0 bridgehead atoms. The van der Waals surface area contributed by atoms with Crippen molar-refractivity contribution in [1.82, 2.24) is 4.90 Å². The van der Waals surface area contributed by atoms with Crippen LogP contribution >= 0.6 is 11.6 Å². The van der Waals surface area contributed by atoms with Crippen LogP contribution < -0.4 is 11.1 Å². The normalized spacial score (nSPS) is 16.5. The van der Waals surface area contributed by atoms with Gasteiger partial charge in [-0.25, -0.2) is 0 Å². The average Bonchev–Trinajstić information content (AvgIpc) is 2.35. The first-order chi connectivity index (χ1) is 8.65. The number of carbonyl (C=O) groups excluding carboxylic acids is 1. The zero-order chi connectivity index (χ0) is 13.0. The molecule has 1 amide bonds. The quantitative estimate of drug-likeness (QED) is 0.827. The highest BCUT2D eigenvalue weighted by molar-refractivity contribution is 6.31. The van der Waals surface area contributed by atoms with E-state index >= 15 is 0 Å². The molecule has 98 valence electrons. The first-order valence-corrected chi connectivity index (χ1v) is 6.60. The Morgan fingerprint density at radius 1 is 1.33 bits per heavy atom. The van der Waals surface area contributed by atoms with Crippen molar-refractivity contribution in [2.75, 3.05) is 30.7 Å². The third-order valence-electron chi connectivity index (χ3n) is 3.11. The fraction of sp³-hybridized carbons (Fsp3) is 0.462. The summed E-state index contributed by atoms with van der Waals surface area (Å²) in [6.45, 7) is 2.42. The van der Waals surface area contributed by atoms with Crippen LogP contribution in [0, 0.1) is 0 Å². The van der Waals surface area contributed by atoms with E-state index < -0.39 is 0 Å². The third-order valence-corrected chi connectivity index (χ3v) is 3.34. The van der Waals surface area contributed by atoms with E-state index in [1.54, 1.807) is 18.2 Å². The summed E-state index contributed by atoms with van der Waals surface area (Å²) >= 11 is 5.87. The molecule has 4 nitrogen and oxygen atoms in total. The highest BCUT2D eigenvalue weighted by Crippen LogP contribution is 2.22. The molecule has 0 unspecified atom stereocenters. The molecule has 1 aromatic carbocycles. The zero-order valence-electron chi connectivity index (χ0n) is 10.3. The van der Waals surface area contributed by atoms with E-state index in [-0.39, 0.29) is 5.91 Å². The SMILES string of the molecule is Nc1ccc(Cl)cc1NC(=O)CN1CCCCC1. The Kier molecular flexibility index (Phi) is 4.44. The highest BCUT2D eigenvalue weighted by Gasteiger charge is 2.14. The maximum absolute atomic E-state index is 11.9. The number of halogens is 1. The van der Waals surface area contributed by atoms with Gasteiger partial charge in [0.25, 0.3) is 0 Å². The Balaban J connectivity index is 1.92. The van der Waals surface area contributed by atoms with Gasteiger partial charge in [0.2, 0.25) is 5.91 Å². The minimum absolute atomic E-state index is 0.0362. The third kappa shape index (κ3) is 3.62. The Labute approximate surface area is 112 Å². The van der Waals surface area contributed by atoms with E-state index in [2.05, 4.69) is 10.2 Å². The predicted octanol–water partition coefficient (Wildman–Crippen LogP) is 2.35. The number of benzene rings is 1. The van der Waals surface area contributed by atoms with E-state index in [1.165, 1.54) is 19.3 Å². The highest BCUT2D eigenvalue weighted by atomic mass is 35.5. The number of rotatable bonds is 3. The first kappa shape index (κ1) is 13.2. The maximum Gasteiger partial charge on any atom is 0.238 e. The largest absolute Gasteiger partial charge is 0.397 e. The molecule has 1 aliphatic heterocycles. The summed E-state index contributed by atoms with van der Waals surface area (Å²) in [5.74, 6) is -0.0362. The standard InChI is InChI=1S/C13H18ClN3O/c14-10-4-5-11(15)12(8-10)16-13(18)9-17-6-2-1-3-7-17/h4-5,8H,1-3,6-7,9,15H2,(H,16,18). The summed E-state index contributed by atoms with van der Waals surface area (Å²) in [7, 11) is 0. The molecule has 5 heteroatoms. The molecular formula is C13H18ClN3O. The van der Waals surface area contributed by atoms with Gasteiger partial charge in [-0.05, 0) is 44.1 Å². The fourth-order valence-electron chi connectivity index (χ4n) is 2.15. The molecule has 1 fully saturated rings. The van der Waals surface area contributed by atoms with Gasteiger partial charge >= 0.3 is 0 Å². The molecule has 1 aromatic rings. The summed E-state index contributed by atoms with van der Waals surface area (Å²) in [5, 5.41) is 3.38. The van der Waals surface area contributed by atoms with Gasteiger partial charge in [-0.15, -0.1) is 0 Å². The van der Waals surface area contributed by atoms with Gasteiger partial charge in [0.05, 0.1) is 17.9 Å². The smallest absolute Gasteiger partial charge is 0.238 e. The molecule has 0 radical (unpaired) electrons. The monoisotopic (exact) mass is 267 g/mol. The number of nitrogens with zero attached hydrogens (tertiary/aromatic N) is 1. The summed E-state index contributed by atoms with van der Waals surface area (Å²) in [6, 6.07) is 5.07. The number of hydrogen-bond acceptors (Lipinski definition) is 3. The van der Waals surface area contributed by atoms with Crippen LogP contribution in [0.1, 0.15) is 19.3 Å². The van der Waals surface area contributed by atoms with Crippen molar-refractivity contribution < 1.29 is 4.79 Å². The van der Waals surface area contributed by atoms with Gasteiger partial charge in [0.1, 0.15) is 0 Å². The second-order valence-corrected chi connectivity index (χ2v) is 5.05.